The van der Waals surface area contributed by atoms with Crippen LogP contribution >= 0.6 is 24.0 Å². The van der Waals surface area contributed by atoms with Crippen LogP contribution in [0.3, 0.4) is 0 Å². The number of furan rings is 1. The molecule has 30 heavy (non-hydrogen) atoms. The number of aryl methyl sites for hydroxylation is 3. The number of thioether (sulfide) groups is 1. The summed E-state index contributed by atoms with van der Waals surface area (Å²) in [5, 5.41) is 10.7. The largest absolute Gasteiger partial charge is 0.478 e. The monoisotopic (exact) mass is 438 g/mol. The normalized spacial score (nSPS) is 15.4. The van der Waals surface area contributed by atoms with Crippen molar-refractivity contribution in [1.82, 2.24) is 4.68 Å². The number of carboxylic acid groups (broad SMARTS) is 1. The van der Waals surface area contributed by atoms with E-state index < -0.39 is 5.97 Å². The highest BCUT2D eigenvalue weighted by molar-refractivity contribution is 8.27. The van der Waals surface area contributed by atoms with Crippen LogP contribution < -0.4 is 5.01 Å². The molecule has 152 valence electrons. The molecule has 1 saturated heterocycles. The van der Waals surface area contributed by atoms with Gasteiger partial charge < -0.3 is 9.52 Å². The zero-order chi connectivity index (χ0) is 21.6. The van der Waals surface area contributed by atoms with Crippen LogP contribution in [0.2, 0.25) is 0 Å². The van der Waals surface area contributed by atoms with Crippen molar-refractivity contribution in [1.29, 1.82) is 0 Å². The Bertz CT molecular complexity index is 1220. The number of hydrogen-bond donors (Lipinski definition) is 1. The summed E-state index contributed by atoms with van der Waals surface area (Å²) in [6, 6.07) is 12.3. The highest BCUT2D eigenvalue weighted by Crippen LogP contribution is 2.34. The summed E-state index contributed by atoms with van der Waals surface area (Å²) in [6.07, 6.45) is 1.66. The van der Waals surface area contributed by atoms with Crippen molar-refractivity contribution >= 4 is 46.3 Å². The van der Waals surface area contributed by atoms with Crippen molar-refractivity contribution in [3.05, 3.63) is 75.6 Å². The molecular formula is C22H18N2O4S2. The van der Waals surface area contributed by atoms with Gasteiger partial charge in [0.05, 0.1) is 10.5 Å². The number of carbonyl (C=O) groups excluding carboxylic acids is 1. The third-order valence-corrected chi connectivity index (χ3v) is 6.14. The van der Waals surface area contributed by atoms with E-state index in [2.05, 4.69) is 0 Å². The third kappa shape index (κ3) is 3.48. The van der Waals surface area contributed by atoms with Gasteiger partial charge in [0.2, 0.25) is 0 Å². The summed E-state index contributed by atoms with van der Waals surface area (Å²) in [5.74, 6) is -0.183. The fourth-order valence-corrected chi connectivity index (χ4v) is 4.55. The van der Waals surface area contributed by atoms with Gasteiger partial charge in [-0.15, -0.1) is 0 Å². The van der Waals surface area contributed by atoms with Crippen molar-refractivity contribution in [2.24, 2.45) is 0 Å². The molecule has 3 heterocycles. The second kappa shape index (κ2) is 7.62. The molecule has 0 bridgehead atoms. The van der Waals surface area contributed by atoms with Crippen molar-refractivity contribution < 1.29 is 19.1 Å². The molecule has 0 aliphatic carbocycles. The van der Waals surface area contributed by atoms with Crippen LogP contribution in [0.5, 0.6) is 0 Å². The van der Waals surface area contributed by atoms with E-state index in [4.69, 9.17) is 16.6 Å². The van der Waals surface area contributed by atoms with Crippen molar-refractivity contribution in [3.8, 4) is 11.3 Å². The average Bonchev–Trinajstić information content (AvgIpc) is 3.36. The summed E-state index contributed by atoms with van der Waals surface area (Å²) in [5.41, 5.74) is 3.61. The van der Waals surface area contributed by atoms with Gasteiger partial charge in [-0.3, -0.25) is 9.47 Å². The number of benzene rings is 1. The second-order valence-electron chi connectivity index (χ2n) is 6.96. The number of nitrogens with zero attached hydrogens (tertiary/aromatic N) is 2. The zero-order valence-corrected chi connectivity index (χ0v) is 18.1. The number of carboxylic acids is 1. The molecular weight excluding hydrogens is 420 g/mol. The number of amides is 1. The summed E-state index contributed by atoms with van der Waals surface area (Å²) in [6.45, 7) is 5.72. The first-order chi connectivity index (χ1) is 14.3. The predicted octanol–water partition coefficient (Wildman–Crippen LogP) is 4.91. The molecule has 0 atom stereocenters. The Morgan fingerprint density at radius 2 is 1.80 bits per heavy atom. The van der Waals surface area contributed by atoms with Gasteiger partial charge in [0.1, 0.15) is 11.5 Å². The predicted molar refractivity (Wildman–Crippen MR) is 121 cm³/mol. The molecule has 1 aromatic carbocycles. The molecule has 1 N–H and O–H groups in total. The Morgan fingerprint density at radius 1 is 1.10 bits per heavy atom. The average molecular weight is 439 g/mol. The van der Waals surface area contributed by atoms with Gasteiger partial charge in [0.15, 0.2) is 4.32 Å². The van der Waals surface area contributed by atoms with Gasteiger partial charge in [0.25, 0.3) is 5.91 Å². The molecule has 1 aliphatic heterocycles. The molecule has 0 unspecified atom stereocenters. The maximum atomic E-state index is 13.0. The minimum absolute atomic E-state index is 0.187. The first-order valence-corrected chi connectivity index (χ1v) is 10.4. The van der Waals surface area contributed by atoms with Crippen LogP contribution in [0, 0.1) is 20.8 Å². The minimum atomic E-state index is -0.998. The fraction of sp³-hybridized carbons (Fsp3) is 0.136. The molecule has 0 radical (unpaired) electrons. The van der Waals surface area contributed by atoms with E-state index in [1.165, 1.54) is 16.8 Å². The molecule has 0 spiro atoms. The van der Waals surface area contributed by atoms with Gasteiger partial charge in [-0.05, 0) is 75.0 Å². The van der Waals surface area contributed by atoms with Crippen molar-refractivity contribution in [3.63, 3.8) is 0 Å². The molecule has 8 heteroatoms. The van der Waals surface area contributed by atoms with Crippen LogP contribution in [0.4, 0.5) is 0 Å². The standard InChI is InChI=1S/C22H18N2O4S2/c1-12-4-7-15(21(26)27)10-17(12)18-9-8-16(28-18)11-19-20(25)24(22(29)30-19)23-13(2)5-6-14(23)3/h4-11H,1-3H3,(H,26,27)/b19-11-. The van der Waals surface area contributed by atoms with E-state index in [1.54, 1.807) is 41.1 Å². The Kier molecular flexibility index (Phi) is 5.13. The van der Waals surface area contributed by atoms with Gasteiger partial charge >= 0.3 is 5.97 Å². The summed E-state index contributed by atoms with van der Waals surface area (Å²) in [4.78, 5) is 24.7. The highest BCUT2D eigenvalue weighted by atomic mass is 32.2. The number of rotatable bonds is 4. The molecule has 0 saturated carbocycles. The van der Waals surface area contributed by atoms with Gasteiger partial charge in [-0.1, -0.05) is 17.8 Å². The Hall–Kier alpha value is -3.10. The third-order valence-electron chi connectivity index (χ3n) is 4.86. The summed E-state index contributed by atoms with van der Waals surface area (Å²) >= 11 is 6.65. The van der Waals surface area contributed by atoms with Crippen LogP contribution in [-0.4, -0.2) is 26.0 Å². The van der Waals surface area contributed by atoms with Crippen LogP contribution in [0.1, 0.15) is 33.1 Å². The maximum absolute atomic E-state index is 13.0. The maximum Gasteiger partial charge on any atom is 0.335 e. The molecule has 2 aromatic heterocycles. The zero-order valence-electron chi connectivity index (χ0n) is 16.5. The van der Waals surface area contributed by atoms with E-state index in [-0.39, 0.29) is 11.5 Å². The Labute approximate surface area is 182 Å². The van der Waals surface area contributed by atoms with Gasteiger partial charge in [-0.2, -0.15) is 5.01 Å². The Morgan fingerprint density at radius 3 is 2.47 bits per heavy atom. The first-order valence-electron chi connectivity index (χ1n) is 9.13. The van der Waals surface area contributed by atoms with E-state index in [9.17, 15) is 14.7 Å². The number of hydrogen-bond acceptors (Lipinski definition) is 5. The van der Waals surface area contributed by atoms with E-state index in [1.807, 2.05) is 32.9 Å². The highest BCUT2D eigenvalue weighted by Gasteiger charge is 2.35. The van der Waals surface area contributed by atoms with Gasteiger partial charge in [0, 0.05) is 23.0 Å². The van der Waals surface area contributed by atoms with E-state index in [0.29, 0.717) is 26.3 Å². The molecule has 1 fully saturated rings. The van der Waals surface area contributed by atoms with Crippen molar-refractivity contribution in [2.45, 2.75) is 20.8 Å². The number of aromatic carboxylic acids is 1. The molecule has 3 aromatic rings. The lowest BCUT2D eigenvalue weighted by Gasteiger charge is -2.20. The topological polar surface area (TPSA) is 75.7 Å². The molecule has 6 nitrogen and oxygen atoms in total. The summed E-state index contributed by atoms with van der Waals surface area (Å²) < 4.78 is 8.15. The Balaban J connectivity index is 1.66. The lowest BCUT2D eigenvalue weighted by Crippen LogP contribution is -2.39. The number of aromatic nitrogens is 1. The lowest BCUT2D eigenvalue weighted by atomic mass is 10.0. The minimum Gasteiger partial charge on any atom is -0.478 e. The van der Waals surface area contributed by atoms with E-state index in [0.717, 1.165) is 17.0 Å². The molecule has 1 amide bonds. The van der Waals surface area contributed by atoms with Crippen LogP contribution in [0.25, 0.3) is 17.4 Å². The van der Waals surface area contributed by atoms with E-state index >= 15 is 0 Å². The van der Waals surface area contributed by atoms with Crippen LogP contribution in [-0.2, 0) is 4.79 Å². The fourth-order valence-electron chi connectivity index (χ4n) is 3.33. The second-order valence-corrected chi connectivity index (χ2v) is 8.63. The smallest absolute Gasteiger partial charge is 0.335 e. The van der Waals surface area contributed by atoms with Crippen LogP contribution in [0.15, 0.2) is 51.8 Å². The molecule has 4 rings (SSSR count). The summed E-state index contributed by atoms with van der Waals surface area (Å²) in [7, 11) is 0. The molecule has 1 aliphatic rings. The SMILES string of the molecule is Cc1ccc(C(=O)O)cc1-c1ccc(/C=C2\SC(=S)N(n3c(C)ccc3C)C2=O)o1. The quantitative estimate of drug-likeness (QED) is 0.461. The van der Waals surface area contributed by atoms with Crippen molar-refractivity contribution in [2.75, 3.05) is 5.01 Å². The lowest BCUT2D eigenvalue weighted by molar-refractivity contribution is -0.114. The van der Waals surface area contributed by atoms with Gasteiger partial charge in [-0.25, -0.2) is 4.79 Å². The first kappa shape index (κ1) is 20.2. The number of carbonyl (C=O) groups is 2. The number of thiocarbonyl (C=S) groups is 1.